The van der Waals surface area contributed by atoms with E-state index in [1.165, 1.54) is 0 Å². The van der Waals surface area contributed by atoms with Crippen LogP contribution in [0.2, 0.25) is 0 Å². The third kappa shape index (κ3) is 4.42. The predicted molar refractivity (Wildman–Crippen MR) is 105 cm³/mol. The van der Waals surface area contributed by atoms with Crippen LogP contribution in [0.5, 0.6) is 0 Å². The highest BCUT2D eigenvalue weighted by molar-refractivity contribution is 8.00. The molecule has 0 amide bonds. The van der Waals surface area contributed by atoms with Crippen molar-refractivity contribution in [3.63, 3.8) is 0 Å². The first-order chi connectivity index (χ1) is 15.4. The van der Waals surface area contributed by atoms with E-state index in [4.69, 9.17) is 9.47 Å². The zero-order valence-electron chi connectivity index (χ0n) is 17.1. The third-order valence-corrected chi connectivity index (χ3v) is 8.14. The lowest BCUT2D eigenvalue weighted by atomic mass is 9.73. The van der Waals surface area contributed by atoms with Crippen molar-refractivity contribution < 1.29 is 70.0 Å². The Balaban J connectivity index is 2.07. The average molecular weight is 505 g/mol. The molecule has 193 valence electrons. The van der Waals surface area contributed by atoms with Crippen LogP contribution in [0.1, 0.15) is 0 Å². The van der Waals surface area contributed by atoms with Gasteiger partial charge in [0.2, 0.25) is 0 Å². The maximum Gasteiger partial charge on any atom is 0.164 e. The molecule has 0 aromatic rings. The molecule has 3 aliphatic heterocycles. The molecular formula is C18H30FO13S. The second-order valence-electron chi connectivity index (χ2n) is 8.42. The molecule has 0 saturated carbocycles. The number of hydrogen-bond donors (Lipinski definition) is 11. The van der Waals surface area contributed by atoms with Crippen molar-refractivity contribution in [1.29, 1.82) is 0 Å². The van der Waals surface area contributed by atoms with Crippen molar-refractivity contribution in [3.05, 3.63) is 6.10 Å². The fraction of sp³-hybridized carbons (Fsp3) is 0.944. The zero-order valence-corrected chi connectivity index (χ0v) is 18.0. The molecule has 0 aromatic heterocycles. The summed E-state index contributed by atoms with van der Waals surface area (Å²) in [7, 11) is 0. The fourth-order valence-corrected chi connectivity index (χ4v) is 6.01. The van der Waals surface area contributed by atoms with E-state index in [0.29, 0.717) is 11.8 Å². The number of aliphatic hydroxyl groups is 11. The van der Waals surface area contributed by atoms with E-state index in [9.17, 15) is 60.6 Å². The van der Waals surface area contributed by atoms with Crippen LogP contribution < -0.4 is 0 Å². The molecule has 3 saturated heterocycles. The van der Waals surface area contributed by atoms with Crippen LogP contribution in [0.15, 0.2) is 0 Å². The smallest absolute Gasteiger partial charge is 0.164 e. The number of hydrogen-bond acceptors (Lipinski definition) is 14. The van der Waals surface area contributed by atoms with Crippen LogP contribution in [0, 0.1) is 6.10 Å². The lowest BCUT2D eigenvalue weighted by molar-refractivity contribution is -0.289. The van der Waals surface area contributed by atoms with Gasteiger partial charge in [0.1, 0.15) is 54.4 Å². The summed E-state index contributed by atoms with van der Waals surface area (Å²) in [4.78, 5) is 0. The van der Waals surface area contributed by atoms with Gasteiger partial charge in [-0.1, -0.05) is 0 Å². The highest BCUT2D eigenvalue weighted by atomic mass is 32.2. The maximum absolute atomic E-state index is 14.2. The van der Waals surface area contributed by atoms with Gasteiger partial charge in [-0.3, -0.25) is 0 Å². The van der Waals surface area contributed by atoms with Gasteiger partial charge in [0.15, 0.2) is 12.3 Å². The maximum atomic E-state index is 14.2. The first-order valence-corrected chi connectivity index (χ1v) is 11.2. The second-order valence-corrected chi connectivity index (χ2v) is 9.80. The number of halogens is 1. The van der Waals surface area contributed by atoms with E-state index in [0.717, 1.165) is 0 Å². The summed E-state index contributed by atoms with van der Waals surface area (Å²) in [6, 6.07) is 0. The molecule has 3 aliphatic rings. The molecular weight excluding hydrogens is 475 g/mol. The Labute approximate surface area is 191 Å². The quantitative estimate of drug-likeness (QED) is 0.167. The topological polar surface area (TPSA) is 241 Å². The minimum absolute atomic E-state index is 0.531. The molecule has 15 heteroatoms. The van der Waals surface area contributed by atoms with Crippen LogP contribution in [-0.2, 0) is 9.47 Å². The lowest BCUT2D eigenvalue weighted by Gasteiger charge is -2.57. The third-order valence-electron chi connectivity index (χ3n) is 6.44. The van der Waals surface area contributed by atoms with Gasteiger partial charge < -0.3 is 65.6 Å². The number of rotatable bonds is 5. The van der Waals surface area contributed by atoms with Gasteiger partial charge in [0.25, 0.3) is 0 Å². The van der Waals surface area contributed by atoms with Gasteiger partial charge in [0, 0.05) is 0 Å². The first-order valence-electron chi connectivity index (χ1n) is 10.3. The van der Waals surface area contributed by atoms with E-state index in [1.54, 1.807) is 0 Å². The summed E-state index contributed by atoms with van der Waals surface area (Å²) in [5.41, 5.74) is -2.89. The van der Waals surface area contributed by atoms with E-state index < -0.39 is 109 Å². The molecule has 0 aromatic carbocycles. The van der Waals surface area contributed by atoms with Crippen molar-refractivity contribution in [2.24, 2.45) is 0 Å². The molecule has 11 N–H and O–H groups in total. The minimum Gasteiger partial charge on any atom is -0.395 e. The molecule has 3 rings (SSSR count). The van der Waals surface area contributed by atoms with E-state index >= 15 is 0 Å². The summed E-state index contributed by atoms with van der Waals surface area (Å²) in [5.74, 6) is 0. The van der Waals surface area contributed by atoms with Crippen molar-refractivity contribution >= 4 is 11.8 Å². The highest BCUT2D eigenvalue weighted by Gasteiger charge is 2.67. The number of aliphatic hydroxyl groups excluding tert-OH is 10. The highest BCUT2D eigenvalue weighted by Crippen LogP contribution is 2.50. The van der Waals surface area contributed by atoms with Crippen LogP contribution in [0.25, 0.3) is 0 Å². The minimum atomic E-state index is -2.89. The van der Waals surface area contributed by atoms with Crippen molar-refractivity contribution in [2.75, 3.05) is 19.8 Å². The molecule has 0 unspecified atom stereocenters. The number of thioether (sulfide) groups is 1. The molecule has 14 atom stereocenters. The SMILES string of the molecule is OC[C@H]1O[C]([C@@H]2O[C@H](CO)[C@@H](F)[C@H](O)[C@H]2O)[C@@](O)([C@@H]2S[C@H](CO)[C@@H](O)[C@H](O)[C@H]2O)[C@@H](O)[C@H]1O. The van der Waals surface area contributed by atoms with Gasteiger partial charge in [-0.2, -0.15) is 0 Å². The molecule has 1 radical (unpaired) electrons. The van der Waals surface area contributed by atoms with Crippen molar-refractivity contribution in [3.8, 4) is 0 Å². The Morgan fingerprint density at radius 3 is 1.91 bits per heavy atom. The monoisotopic (exact) mass is 505 g/mol. The average Bonchev–Trinajstić information content (AvgIpc) is 2.80. The standard InChI is InChI=1S/C18H30FO13S/c19-7-4(1-20)31-14(12(27)10(7)25)16-18(30,15(29)8(23)5(2-21)32-16)17-13(28)11(26)9(24)6(3-22)33-17/h4-15,17,20-30H,1-3H2/t4-,5-,6-,7-,8+,9-,10+,11+,12-,13-,14-,15+,17-,18-/m1/s1. The van der Waals surface area contributed by atoms with Crippen LogP contribution in [0.4, 0.5) is 4.39 Å². The molecule has 33 heavy (non-hydrogen) atoms. The summed E-state index contributed by atoms with van der Waals surface area (Å²) >= 11 is 0.531. The Morgan fingerprint density at radius 2 is 1.36 bits per heavy atom. The second kappa shape index (κ2) is 10.4. The number of ether oxygens (including phenoxy) is 2. The number of alkyl halides is 1. The van der Waals surface area contributed by atoms with Crippen LogP contribution in [0.3, 0.4) is 0 Å². The van der Waals surface area contributed by atoms with E-state index in [1.807, 2.05) is 0 Å². The molecule has 0 aliphatic carbocycles. The molecule has 3 fully saturated rings. The van der Waals surface area contributed by atoms with Crippen LogP contribution >= 0.6 is 11.8 Å². The molecule has 13 nitrogen and oxygen atoms in total. The van der Waals surface area contributed by atoms with Crippen molar-refractivity contribution in [1.82, 2.24) is 0 Å². The Kier molecular flexibility index (Phi) is 8.62. The zero-order chi connectivity index (χ0) is 24.8. The van der Waals surface area contributed by atoms with E-state index in [2.05, 4.69) is 0 Å². The predicted octanol–water partition coefficient (Wildman–Crippen LogP) is -6.26. The Bertz CT molecular complexity index is 661. The fourth-order valence-electron chi connectivity index (χ4n) is 4.44. The van der Waals surface area contributed by atoms with Gasteiger partial charge in [0.05, 0.1) is 42.5 Å². The van der Waals surface area contributed by atoms with Gasteiger partial charge in [-0.05, 0) is 0 Å². The summed E-state index contributed by atoms with van der Waals surface area (Å²) < 4.78 is 25.0. The first kappa shape index (κ1) is 27.3. The summed E-state index contributed by atoms with van der Waals surface area (Å²) in [6.45, 7) is -2.59. The summed E-state index contributed by atoms with van der Waals surface area (Å²) in [6.07, 6.45) is -22.3. The van der Waals surface area contributed by atoms with Gasteiger partial charge in [-0.25, -0.2) is 4.39 Å². The Hall–Kier alpha value is -0.240. The van der Waals surface area contributed by atoms with Gasteiger partial charge in [-0.15, -0.1) is 11.8 Å². The normalized spacial score (nSPS) is 54.4. The molecule has 0 spiro atoms. The molecule has 0 bridgehead atoms. The largest absolute Gasteiger partial charge is 0.395 e. The van der Waals surface area contributed by atoms with Crippen molar-refractivity contribution in [2.45, 2.75) is 83.3 Å². The molecule has 3 heterocycles. The van der Waals surface area contributed by atoms with Crippen LogP contribution in [-0.4, -0.2) is 159 Å². The van der Waals surface area contributed by atoms with Gasteiger partial charge >= 0.3 is 0 Å². The van der Waals surface area contributed by atoms with E-state index in [-0.39, 0.29) is 0 Å². The Morgan fingerprint density at radius 1 is 0.758 bits per heavy atom. The summed E-state index contributed by atoms with van der Waals surface area (Å²) in [5, 5.41) is 110. The lowest BCUT2D eigenvalue weighted by Crippen LogP contribution is -2.75.